The summed E-state index contributed by atoms with van der Waals surface area (Å²) in [5, 5.41) is 6.19. The lowest BCUT2D eigenvalue weighted by molar-refractivity contribution is -0.118. The van der Waals surface area contributed by atoms with Gasteiger partial charge < -0.3 is 15.4 Å². The first kappa shape index (κ1) is 20.3. The molecule has 2 aromatic rings. The minimum atomic E-state index is -0.243. The molecule has 138 valence electrons. The molecule has 7 heteroatoms. The number of halogens is 1. The smallest absolute Gasteiger partial charge is 0.256 e. The largest absolute Gasteiger partial charge is 0.383 e. The van der Waals surface area contributed by atoms with Gasteiger partial charge in [-0.1, -0.05) is 29.8 Å². The quantitative estimate of drug-likeness (QED) is 0.530. The summed E-state index contributed by atoms with van der Waals surface area (Å²) in [6.45, 7) is 2.83. The predicted octanol–water partition coefficient (Wildman–Crippen LogP) is 3.76. The van der Waals surface area contributed by atoms with Crippen LogP contribution in [0.1, 0.15) is 15.9 Å². The van der Waals surface area contributed by atoms with Gasteiger partial charge in [0.2, 0.25) is 5.91 Å². The van der Waals surface area contributed by atoms with Crippen molar-refractivity contribution < 1.29 is 14.3 Å². The molecule has 5 nitrogen and oxygen atoms in total. The Morgan fingerprint density at radius 2 is 1.96 bits per heavy atom. The molecule has 2 aromatic carbocycles. The van der Waals surface area contributed by atoms with Crippen molar-refractivity contribution in [1.29, 1.82) is 0 Å². The second kappa shape index (κ2) is 10.2. The van der Waals surface area contributed by atoms with E-state index in [4.69, 9.17) is 16.3 Å². The zero-order chi connectivity index (χ0) is 18.9. The Kier molecular flexibility index (Phi) is 7.97. The van der Waals surface area contributed by atoms with E-state index in [1.54, 1.807) is 31.4 Å². The van der Waals surface area contributed by atoms with E-state index in [0.717, 1.165) is 10.5 Å². The summed E-state index contributed by atoms with van der Waals surface area (Å²) in [6, 6.07) is 12.6. The van der Waals surface area contributed by atoms with Gasteiger partial charge in [-0.15, -0.1) is 11.8 Å². The van der Waals surface area contributed by atoms with Crippen LogP contribution in [-0.2, 0) is 9.53 Å². The van der Waals surface area contributed by atoms with E-state index in [1.165, 1.54) is 11.8 Å². The molecule has 0 atom stereocenters. The van der Waals surface area contributed by atoms with Gasteiger partial charge in [0.05, 0.1) is 17.9 Å². The number of carbonyl (C=O) groups is 2. The summed E-state index contributed by atoms with van der Waals surface area (Å²) in [5.74, 6) is -0.120. The van der Waals surface area contributed by atoms with Crippen molar-refractivity contribution in [2.45, 2.75) is 11.8 Å². The number of methoxy groups -OCH3 is 1. The fourth-order valence-corrected chi connectivity index (χ4v) is 3.20. The van der Waals surface area contributed by atoms with Crippen LogP contribution in [0.2, 0.25) is 5.02 Å². The molecule has 0 radical (unpaired) electrons. The summed E-state index contributed by atoms with van der Waals surface area (Å²) in [4.78, 5) is 25.2. The first-order valence-electron chi connectivity index (χ1n) is 8.06. The SMILES string of the molecule is COCCNC(=O)CSc1ccccc1C(=O)Nc1ccc(C)c(Cl)c1. The van der Waals surface area contributed by atoms with Crippen molar-refractivity contribution in [3.63, 3.8) is 0 Å². The van der Waals surface area contributed by atoms with Crippen LogP contribution in [0.3, 0.4) is 0 Å². The minimum absolute atomic E-state index is 0.104. The number of nitrogens with one attached hydrogen (secondary N) is 2. The maximum atomic E-state index is 12.6. The normalized spacial score (nSPS) is 10.4. The van der Waals surface area contributed by atoms with Crippen LogP contribution in [0.15, 0.2) is 47.4 Å². The Labute approximate surface area is 162 Å². The molecule has 2 N–H and O–H groups in total. The van der Waals surface area contributed by atoms with Crippen LogP contribution in [0.5, 0.6) is 0 Å². The predicted molar refractivity (Wildman–Crippen MR) is 106 cm³/mol. The lowest BCUT2D eigenvalue weighted by atomic mass is 10.2. The molecule has 2 amide bonds. The zero-order valence-electron chi connectivity index (χ0n) is 14.7. The summed E-state index contributed by atoms with van der Waals surface area (Å²) >= 11 is 7.42. The molecule has 0 spiro atoms. The number of benzene rings is 2. The molecule has 0 saturated heterocycles. The van der Waals surface area contributed by atoms with Gasteiger partial charge >= 0.3 is 0 Å². The van der Waals surface area contributed by atoms with E-state index in [0.29, 0.717) is 29.4 Å². The molecular weight excluding hydrogens is 372 g/mol. The highest BCUT2D eigenvalue weighted by molar-refractivity contribution is 8.00. The van der Waals surface area contributed by atoms with Gasteiger partial charge in [-0.05, 0) is 36.8 Å². The molecule has 0 unspecified atom stereocenters. The van der Waals surface area contributed by atoms with Crippen LogP contribution >= 0.6 is 23.4 Å². The average molecular weight is 393 g/mol. The molecule has 2 rings (SSSR count). The van der Waals surface area contributed by atoms with E-state index >= 15 is 0 Å². The lowest BCUT2D eigenvalue weighted by Crippen LogP contribution is -2.28. The first-order chi connectivity index (χ1) is 12.5. The molecule has 0 saturated carbocycles. The topological polar surface area (TPSA) is 67.4 Å². The highest BCUT2D eigenvalue weighted by atomic mass is 35.5. The van der Waals surface area contributed by atoms with Crippen molar-refractivity contribution in [3.8, 4) is 0 Å². The third kappa shape index (κ3) is 6.05. The lowest BCUT2D eigenvalue weighted by Gasteiger charge is -2.11. The molecule has 26 heavy (non-hydrogen) atoms. The summed E-state index contributed by atoms with van der Waals surface area (Å²) in [6.07, 6.45) is 0. The third-order valence-corrected chi connectivity index (χ3v) is 5.03. The number of hydrogen-bond acceptors (Lipinski definition) is 4. The molecule has 0 aliphatic heterocycles. The molecular formula is C19H21ClN2O3S. The maximum Gasteiger partial charge on any atom is 0.256 e. The first-order valence-corrected chi connectivity index (χ1v) is 9.42. The van der Waals surface area contributed by atoms with Crippen LogP contribution < -0.4 is 10.6 Å². The van der Waals surface area contributed by atoms with Gasteiger partial charge in [-0.2, -0.15) is 0 Å². The fourth-order valence-electron chi connectivity index (χ4n) is 2.14. The Hall–Kier alpha value is -2.02. The Balaban J connectivity index is 2.01. The van der Waals surface area contributed by atoms with Crippen molar-refractivity contribution in [3.05, 3.63) is 58.6 Å². The second-order valence-corrected chi connectivity index (χ2v) is 6.97. The number of amides is 2. The number of anilines is 1. The van der Waals surface area contributed by atoms with Crippen LogP contribution in [0, 0.1) is 6.92 Å². The van der Waals surface area contributed by atoms with Gasteiger partial charge in [0.25, 0.3) is 5.91 Å². The third-order valence-electron chi connectivity index (χ3n) is 3.55. The average Bonchev–Trinajstić information content (AvgIpc) is 2.63. The zero-order valence-corrected chi connectivity index (χ0v) is 16.2. The van der Waals surface area contributed by atoms with Gasteiger partial charge in [0, 0.05) is 29.3 Å². The van der Waals surface area contributed by atoms with Crippen LogP contribution in [0.4, 0.5) is 5.69 Å². The Bertz CT molecular complexity index is 783. The highest BCUT2D eigenvalue weighted by Gasteiger charge is 2.13. The van der Waals surface area contributed by atoms with Crippen molar-refractivity contribution in [1.82, 2.24) is 5.32 Å². The monoisotopic (exact) mass is 392 g/mol. The highest BCUT2D eigenvalue weighted by Crippen LogP contribution is 2.25. The molecule has 0 bridgehead atoms. The second-order valence-electron chi connectivity index (χ2n) is 5.55. The Morgan fingerprint density at radius 3 is 2.69 bits per heavy atom. The summed E-state index contributed by atoms with van der Waals surface area (Å²) in [5.41, 5.74) is 2.08. The number of rotatable bonds is 8. The number of ether oxygens (including phenoxy) is 1. The van der Waals surface area contributed by atoms with E-state index in [-0.39, 0.29) is 17.6 Å². The van der Waals surface area contributed by atoms with E-state index < -0.39 is 0 Å². The van der Waals surface area contributed by atoms with Gasteiger partial charge in [-0.25, -0.2) is 0 Å². The molecule has 0 heterocycles. The molecule has 0 fully saturated rings. The molecule has 0 aliphatic carbocycles. The van der Waals surface area contributed by atoms with Crippen molar-refractivity contribution in [2.75, 3.05) is 31.3 Å². The maximum absolute atomic E-state index is 12.6. The number of thioether (sulfide) groups is 1. The minimum Gasteiger partial charge on any atom is -0.383 e. The number of aryl methyl sites for hydroxylation is 1. The number of carbonyl (C=O) groups excluding carboxylic acids is 2. The van der Waals surface area contributed by atoms with E-state index in [9.17, 15) is 9.59 Å². The van der Waals surface area contributed by atoms with Crippen molar-refractivity contribution in [2.24, 2.45) is 0 Å². The van der Waals surface area contributed by atoms with Crippen LogP contribution in [0.25, 0.3) is 0 Å². The molecule has 0 aromatic heterocycles. The molecule has 0 aliphatic rings. The summed E-state index contributed by atoms with van der Waals surface area (Å²) in [7, 11) is 1.58. The van der Waals surface area contributed by atoms with Gasteiger partial charge in [0.15, 0.2) is 0 Å². The van der Waals surface area contributed by atoms with Gasteiger partial charge in [-0.3, -0.25) is 9.59 Å². The summed E-state index contributed by atoms with van der Waals surface area (Å²) < 4.78 is 4.89. The van der Waals surface area contributed by atoms with Crippen molar-refractivity contribution >= 4 is 40.9 Å². The Morgan fingerprint density at radius 1 is 1.19 bits per heavy atom. The number of hydrogen-bond donors (Lipinski definition) is 2. The fraction of sp³-hybridized carbons (Fsp3) is 0.263. The van der Waals surface area contributed by atoms with Gasteiger partial charge in [0.1, 0.15) is 0 Å². The standard InChI is InChI=1S/C19H21ClN2O3S/c1-13-7-8-14(11-16(13)20)22-19(24)15-5-3-4-6-17(15)26-12-18(23)21-9-10-25-2/h3-8,11H,9-10,12H2,1-2H3,(H,21,23)(H,22,24). The van der Waals surface area contributed by atoms with Crippen LogP contribution in [-0.4, -0.2) is 37.8 Å². The van der Waals surface area contributed by atoms with E-state index in [2.05, 4.69) is 10.6 Å². The van der Waals surface area contributed by atoms with E-state index in [1.807, 2.05) is 25.1 Å².